The molecule has 0 atom stereocenters. The molecule has 0 amide bonds. The van der Waals surface area contributed by atoms with Crippen molar-refractivity contribution in [2.45, 2.75) is 36.9 Å². The largest absolute Gasteiger partial charge is 0.311 e. The van der Waals surface area contributed by atoms with Crippen LogP contribution in [0.3, 0.4) is 0 Å². The Hall–Kier alpha value is -1.14. The lowest BCUT2D eigenvalue weighted by Gasteiger charge is -2.10. The predicted octanol–water partition coefficient (Wildman–Crippen LogP) is 2.84. The number of hydrogen-bond acceptors (Lipinski definition) is 5. The number of nitrogens with zero attached hydrogens (tertiary/aromatic N) is 5. The summed E-state index contributed by atoms with van der Waals surface area (Å²) in [6.07, 6.45) is 1.66. The molecule has 0 saturated heterocycles. The molecule has 0 aromatic carbocycles. The van der Waals surface area contributed by atoms with Gasteiger partial charge in [-0.25, -0.2) is 9.97 Å². The fourth-order valence-corrected chi connectivity index (χ4v) is 2.37. The number of halogens is 1. The first kappa shape index (κ1) is 13.3. The molecular weight excluding hydrogens is 270 g/mol. The Morgan fingerprint density at radius 2 is 2.06 bits per heavy atom. The molecule has 0 fully saturated rings. The van der Waals surface area contributed by atoms with E-state index in [1.54, 1.807) is 6.33 Å². The Morgan fingerprint density at radius 3 is 2.61 bits per heavy atom. The summed E-state index contributed by atoms with van der Waals surface area (Å²) in [7, 11) is 1.89. The van der Waals surface area contributed by atoms with E-state index in [0.29, 0.717) is 5.15 Å². The molecule has 0 N–H and O–H groups in total. The summed E-state index contributed by atoms with van der Waals surface area (Å²) in [5, 5.41) is 9.98. The second-order valence-electron chi connectivity index (χ2n) is 4.28. The molecule has 7 heteroatoms. The summed E-state index contributed by atoms with van der Waals surface area (Å²) in [4.78, 5) is 8.82. The minimum absolute atomic E-state index is 0.238. The highest BCUT2D eigenvalue weighted by atomic mass is 35.5. The fourth-order valence-electron chi connectivity index (χ4n) is 1.29. The molecule has 0 bridgehead atoms. The molecule has 0 unspecified atom stereocenters. The number of hydrogen-bond donors (Lipinski definition) is 0. The van der Waals surface area contributed by atoms with E-state index < -0.39 is 0 Å². The maximum absolute atomic E-state index is 6.14. The van der Waals surface area contributed by atoms with Gasteiger partial charge in [-0.15, -0.1) is 10.2 Å². The van der Waals surface area contributed by atoms with Crippen molar-refractivity contribution in [3.8, 4) is 0 Å². The van der Waals surface area contributed by atoms with E-state index in [1.165, 1.54) is 11.8 Å². The average Bonchev–Trinajstić information content (AvgIpc) is 2.70. The Labute approximate surface area is 115 Å². The van der Waals surface area contributed by atoms with E-state index in [9.17, 15) is 0 Å². The van der Waals surface area contributed by atoms with Gasteiger partial charge in [0.25, 0.3) is 0 Å². The van der Waals surface area contributed by atoms with Crippen LogP contribution in [-0.2, 0) is 7.05 Å². The lowest BCUT2D eigenvalue weighted by atomic mass is 10.2. The topological polar surface area (TPSA) is 56.5 Å². The van der Waals surface area contributed by atoms with Crippen LogP contribution >= 0.6 is 23.4 Å². The van der Waals surface area contributed by atoms with Crippen molar-refractivity contribution in [2.24, 2.45) is 7.05 Å². The molecule has 96 valence electrons. The monoisotopic (exact) mass is 283 g/mol. The van der Waals surface area contributed by atoms with Crippen LogP contribution in [-0.4, -0.2) is 24.7 Å². The highest BCUT2D eigenvalue weighted by Gasteiger charge is 2.14. The summed E-state index contributed by atoms with van der Waals surface area (Å²) < 4.78 is 1.84. The highest BCUT2D eigenvalue weighted by Crippen LogP contribution is 2.30. The molecular formula is C11H14ClN5S. The van der Waals surface area contributed by atoms with Gasteiger partial charge in [0.15, 0.2) is 5.16 Å². The summed E-state index contributed by atoms with van der Waals surface area (Å²) in [6, 6.07) is 0. The van der Waals surface area contributed by atoms with Crippen molar-refractivity contribution in [3.63, 3.8) is 0 Å². The second-order valence-corrected chi connectivity index (χ2v) is 5.60. The van der Waals surface area contributed by atoms with Crippen LogP contribution in [0.25, 0.3) is 0 Å². The lowest BCUT2D eigenvalue weighted by molar-refractivity contribution is 0.743. The van der Waals surface area contributed by atoms with E-state index in [-0.39, 0.29) is 5.92 Å². The Kier molecular flexibility index (Phi) is 3.87. The minimum atomic E-state index is 0.238. The third-order valence-electron chi connectivity index (χ3n) is 2.43. The maximum atomic E-state index is 6.14. The van der Waals surface area contributed by atoms with Gasteiger partial charge in [-0.3, -0.25) is 0 Å². The Balaban J connectivity index is 2.41. The molecule has 0 saturated carbocycles. The van der Waals surface area contributed by atoms with Gasteiger partial charge in [0.1, 0.15) is 22.3 Å². The van der Waals surface area contributed by atoms with E-state index in [4.69, 9.17) is 11.6 Å². The smallest absolute Gasteiger partial charge is 0.197 e. The molecule has 2 aromatic heterocycles. The first-order valence-corrected chi connectivity index (χ1v) is 6.74. The normalized spacial score (nSPS) is 11.2. The van der Waals surface area contributed by atoms with Gasteiger partial charge in [0.05, 0.1) is 0 Å². The zero-order chi connectivity index (χ0) is 13.3. The van der Waals surface area contributed by atoms with Gasteiger partial charge in [-0.2, -0.15) is 0 Å². The number of rotatable bonds is 3. The first-order valence-electron chi connectivity index (χ1n) is 5.55. The molecule has 0 aliphatic rings. The molecule has 2 heterocycles. The summed E-state index contributed by atoms with van der Waals surface area (Å²) in [5.41, 5.74) is 0.870. The molecule has 0 radical (unpaired) electrons. The van der Waals surface area contributed by atoms with E-state index in [1.807, 2.05) is 32.4 Å². The third kappa shape index (κ3) is 2.64. The third-order valence-corrected chi connectivity index (χ3v) is 3.94. The van der Waals surface area contributed by atoms with Crippen molar-refractivity contribution in [3.05, 3.63) is 22.9 Å². The first-order chi connectivity index (χ1) is 8.49. The molecule has 5 nitrogen and oxygen atoms in total. The number of aromatic nitrogens is 5. The lowest BCUT2D eigenvalue weighted by Crippen LogP contribution is -2.02. The second kappa shape index (κ2) is 5.24. The van der Waals surface area contributed by atoms with Gasteiger partial charge >= 0.3 is 0 Å². The quantitative estimate of drug-likeness (QED) is 0.811. The van der Waals surface area contributed by atoms with Crippen molar-refractivity contribution in [1.82, 2.24) is 24.7 Å². The Bertz CT molecular complexity index is 567. The van der Waals surface area contributed by atoms with Gasteiger partial charge in [-0.05, 0) is 18.7 Å². The van der Waals surface area contributed by atoms with Crippen LogP contribution in [0, 0.1) is 6.92 Å². The van der Waals surface area contributed by atoms with Crippen LogP contribution in [0.2, 0.25) is 5.15 Å². The standard InChI is InChI=1S/C11H14ClN5S/c1-6(2)9-14-8(12)7(3)10(15-9)18-11-16-13-5-17(11)4/h5-6H,1-4H3. The van der Waals surface area contributed by atoms with E-state index in [2.05, 4.69) is 20.2 Å². The molecule has 2 rings (SSSR count). The van der Waals surface area contributed by atoms with Crippen LogP contribution in [0.4, 0.5) is 0 Å². The van der Waals surface area contributed by atoms with Crippen LogP contribution in [0.1, 0.15) is 31.2 Å². The molecule has 0 spiro atoms. The summed E-state index contributed by atoms with van der Waals surface area (Å²) in [5.74, 6) is 0.984. The van der Waals surface area contributed by atoms with Crippen LogP contribution in [0.5, 0.6) is 0 Å². The minimum Gasteiger partial charge on any atom is -0.311 e. The van der Waals surface area contributed by atoms with Crippen molar-refractivity contribution >= 4 is 23.4 Å². The zero-order valence-electron chi connectivity index (χ0n) is 10.7. The van der Waals surface area contributed by atoms with Gasteiger partial charge in [0, 0.05) is 18.5 Å². The van der Waals surface area contributed by atoms with Gasteiger partial charge in [0.2, 0.25) is 0 Å². The van der Waals surface area contributed by atoms with Gasteiger partial charge in [-0.1, -0.05) is 25.4 Å². The van der Waals surface area contributed by atoms with Gasteiger partial charge < -0.3 is 4.57 Å². The van der Waals surface area contributed by atoms with Crippen molar-refractivity contribution < 1.29 is 0 Å². The van der Waals surface area contributed by atoms with Crippen molar-refractivity contribution in [1.29, 1.82) is 0 Å². The highest BCUT2D eigenvalue weighted by molar-refractivity contribution is 7.99. The fraction of sp³-hybridized carbons (Fsp3) is 0.455. The SMILES string of the molecule is Cc1c(Cl)nc(C(C)C)nc1Sc1nncn1C. The number of aryl methyl sites for hydroxylation is 1. The Morgan fingerprint density at radius 1 is 1.33 bits per heavy atom. The molecule has 18 heavy (non-hydrogen) atoms. The zero-order valence-corrected chi connectivity index (χ0v) is 12.2. The average molecular weight is 284 g/mol. The predicted molar refractivity (Wildman–Crippen MR) is 71.0 cm³/mol. The van der Waals surface area contributed by atoms with Crippen molar-refractivity contribution in [2.75, 3.05) is 0 Å². The van der Waals surface area contributed by atoms with E-state index >= 15 is 0 Å². The molecule has 2 aromatic rings. The maximum Gasteiger partial charge on any atom is 0.197 e. The molecule has 0 aliphatic carbocycles. The van der Waals surface area contributed by atoms with Crippen LogP contribution in [0.15, 0.2) is 16.5 Å². The van der Waals surface area contributed by atoms with Crippen LogP contribution < -0.4 is 0 Å². The van der Waals surface area contributed by atoms with E-state index in [0.717, 1.165) is 21.6 Å². The molecule has 0 aliphatic heterocycles. The summed E-state index contributed by atoms with van der Waals surface area (Å²) in [6.45, 7) is 5.99. The summed E-state index contributed by atoms with van der Waals surface area (Å²) >= 11 is 7.58.